The van der Waals surface area contributed by atoms with Crippen LogP contribution in [0.5, 0.6) is 0 Å². The Labute approximate surface area is 205 Å². The maximum Gasteiger partial charge on any atom is 0.349 e. The molecule has 8 N–H and O–H groups in total. The number of hydrogen-bond donors (Lipinski definition) is 7. The minimum absolute atomic E-state index is 0.0121. The van der Waals surface area contributed by atoms with Gasteiger partial charge in [-0.2, -0.15) is 4.98 Å². The number of aliphatic carboxylic acids is 1. The van der Waals surface area contributed by atoms with Crippen molar-refractivity contribution in [3.8, 4) is 0 Å². The van der Waals surface area contributed by atoms with E-state index < -0.39 is 67.9 Å². The van der Waals surface area contributed by atoms with Crippen LogP contribution in [0.15, 0.2) is 17.1 Å². The molecular weight excluding hydrogens is 485 g/mol. The first kappa shape index (κ1) is 30.8. The maximum absolute atomic E-state index is 12.8. The van der Waals surface area contributed by atoms with E-state index >= 15 is 0 Å². The number of ether oxygens (including phenoxy) is 1. The van der Waals surface area contributed by atoms with Gasteiger partial charge in [0.2, 0.25) is 5.91 Å². The van der Waals surface area contributed by atoms with Gasteiger partial charge in [-0.1, -0.05) is 16.3 Å². The fraction of sp³-hybridized carbons (Fsp3) is 0.700. The summed E-state index contributed by atoms with van der Waals surface area (Å²) in [6.07, 6.45) is 0.386. The zero-order chi connectivity index (χ0) is 26.5. The van der Waals surface area contributed by atoms with Crippen LogP contribution in [0.1, 0.15) is 6.92 Å². The summed E-state index contributed by atoms with van der Waals surface area (Å²) in [6.45, 7) is -1.06. The molecule has 1 aromatic rings. The summed E-state index contributed by atoms with van der Waals surface area (Å²) in [6, 6.07) is 0.724. The molecule has 0 saturated heterocycles. The second-order valence-corrected chi connectivity index (χ2v) is 8.53. The molecule has 0 fully saturated rings. The molecule has 1 rings (SSSR count). The number of aromatic nitrogens is 2. The molecule has 1 amide bonds. The van der Waals surface area contributed by atoms with Gasteiger partial charge in [-0.05, 0) is 17.9 Å². The number of nitrogens with zero attached hydrogens (tertiary/aromatic N) is 3. The zero-order valence-corrected chi connectivity index (χ0v) is 20.7. The molecule has 6 atom stereocenters. The number of anilines is 1. The SMILES string of the molecule is CC(CO)C(CO)C(CO)C(CO)OC[C@@H](CN(CC(=O)O)C(=O)Cn1ccc(N)nc1=O)NP. The van der Waals surface area contributed by atoms with Gasteiger partial charge in [-0.15, -0.1) is 0 Å². The Bertz CT molecular complexity index is 859. The topological polar surface area (TPSA) is 221 Å². The average Bonchev–Trinajstić information content (AvgIpc) is 2.82. The molecule has 0 bridgehead atoms. The molecule has 5 unspecified atom stereocenters. The highest BCUT2D eigenvalue weighted by Gasteiger charge is 2.33. The Morgan fingerprint density at radius 3 is 2.34 bits per heavy atom. The maximum atomic E-state index is 12.8. The highest BCUT2D eigenvalue weighted by molar-refractivity contribution is 7.13. The number of aliphatic hydroxyl groups is 4. The van der Waals surface area contributed by atoms with Crippen molar-refractivity contribution in [3.05, 3.63) is 22.7 Å². The molecule has 0 aromatic carbocycles. The first-order valence-corrected chi connectivity index (χ1v) is 11.5. The van der Waals surface area contributed by atoms with E-state index in [-0.39, 0.29) is 38.1 Å². The molecule has 200 valence electrons. The van der Waals surface area contributed by atoms with E-state index in [0.717, 1.165) is 9.47 Å². The minimum Gasteiger partial charge on any atom is -0.480 e. The third-order valence-corrected chi connectivity index (χ3v) is 6.19. The van der Waals surface area contributed by atoms with E-state index in [1.54, 1.807) is 6.92 Å². The summed E-state index contributed by atoms with van der Waals surface area (Å²) in [5.41, 5.74) is 4.68. The second-order valence-electron chi connectivity index (χ2n) is 8.20. The molecule has 15 heteroatoms. The lowest BCUT2D eigenvalue weighted by Gasteiger charge is -2.34. The first-order chi connectivity index (χ1) is 16.6. The van der Waals surface area contributed by atoms with Crippen LogP contribution in [0.4, 0.5) is 5.82 Å². The van der Waals surface area contributed by atoms with Crippen molar-refractivity contribution in [2.75, 3.05) is 51.9 Å². The largest absolute Gasteiger partial charge is 0.480 e. The van der Waals surface area contributed by atoms with E-state index in [4.69, 9.17) is 10.5 Å². The van der Waals surface area contributed by atoms with Gasteiger partial charge in [-0.25, -0.2) is 4.79 Å². The number of carbonyl (C=O) groups is 2. The van der Waals surface area contributed by atoms with Crippen molar-refractivity contribution in [1.29, 1.82) is 0 Å². The lowest BCUT2D eigenvalue weighted by molar-refractivity contribution is -0.145. The van der Waals surface area contributed by atoms with Gasteiger partial charge in [0, 0.05) is 38.5 Å². The molecule has 1 aromatic heterocycles. The second kappa shape index (κ2) is 15.7. The summed E-state index contributed by atoms with van der Waals surface area (Å²) >= 11 is 0. The van der Waals surface area contributed by atoms with Gasteiger partial charge < -0.3 is 40.9 Å². The van der Waals surface area contributed by atoms with Crippen molar-refractivity contribution < 1.29 is 39.9 Å². The zero-order valence-electron chi connectivity index (χ0n) is 19.6. The van der Waals surface area contributed by atoms with Gasteiger partial charge in [0.25, 0.3) is 0 Å². The number of carboxylic acids is 1. The van der Waals surface area contributed by atoms with Gasteiger partial charge in [0.1, 0.15) is 18.9 Å². The van der Waals surface area contributed by atoms with Crippen molar-refractivity contribution >= 4 is 27.1 Å². The Hall–Kier alpha value is -2.19. The fourth-order valence-electron chi connectivity index (χ4n) is 3.60. The number of nitrogens with two attached hydrogens (primary N) is 1. The minimum atomic E-state index is -1.26. The molecule has 0 aliphatic rings. The lowest BCUT2D eigenvalue weighted by Crippen LogP contribution is -2.48. The predicted octanol–water partition coefficient (Wildman–Crippen LogP) is -3.29. The predicted molar refractivity (Wildman–Crippen MR) is 128 cm³/mol. The summed E-state index contributed by atoms with van der Waals surface area (Å²) in [5.74, 6) is -3.51. The molecule has 14 nitrogen and oxygen atoms in total. The molecule has 35 heavy (non-hydrogen) atoms. The van der Waals surface area contributed by atoms with Crippen LogP contribution in [0.2, 0.25) is 0 Å². The van der Waals surface area contributed by atoms with E-state index in [1.807, 2.05) is 0 Å². The van der Waals surface area contributed by atoms with Gasteiger partial charge in [0.05, 0.1) is 25.4 Å². The number of rotatable bonds is 17. The van der Waals surface area contributed by atoms with Gasteiger partial charge >= 0.3 is 11.7 Å². The smallest absolute Gasteiger partial charge is 0.349 e. The number of aliphatic hydroxyl groups excluding tert-OH is 4. The molecule has 0 saturated carbocycles. The Balaban J connectivity index is 2.93. The Morgan fingerprint density at radius 2 is 1.86 bits per heavy atom. The third-order valence-electron chi connectivity index (χ3n) is 5.72. The van der Waals surface area contributed by atoms with Gasteiger partial charge in [0.15, 0.2) is 0 Å². The third kappa shape index (κ3) is 9.76. The van der Waals surface area contributed by atoms with Crippen molar-refractivity contribution in [1.82, 2.24) is 19.5 Å². The highest BCUT2D eigenvalue weighted by Crippen LogP contribution is 2.25. The molecule has 0 aliphatic carbocycles. The highest BCUT2D eigenvalue weighted by atomic mass is 31.0. The summed E-state index contributed by atoms with van der Waals surface area (Å²) in [7, 11) is 2.24. The number of carboxylic acid groups (broad SMARTS) is 1. The van der Waals surface area contributed by atoms with Crippen molar-refractivity contribution in [2.45, 2.75) is 25.6 Å². The standard InChI is InChI=1S/C20H36N5O9P/c1-12(7-26)14(8-27)15(9-28)16(10-29)34-11-13(23-35)4-25(6-19(31)32)18(30)5-24-3-2-17(21)22-20(24)33/h2-3,12-16,23,26-29H,4-11,35H2,1H3,(H,31,32)(H2,21,22,33)/t12?,13-,14?,15?,16?/m1/s1. The summed E-state index contributed by atoms with van der Waals surface area (Å²) in [4.78, 5) is 40.6. The molecule has 0 radical (unpaired) electrons. The summed E-state index contributed by atoms with van der Waals surface area (Å²) < 4.78 is 6.77. The average molecular weight is 522 g/mol. The van der Waals surface area contributed by atoms with Crippen LogP contribution in [-0.4, -0.2) is 110 Å². The first-order valence-electron chi connectivity index (χ1n) is 10.9. The Kier molecular flexibility index (Phi) is 13.9. The molecule has 0 spiro atoms. The van der Waals surface area contributed by atoms with Crippen LogP contribution < -0.4 is 16.5 Å². The van der Waals surface area contributed by atoms with E-state index in [9.17, 15) is 39.9 Å². The number of carbonyl (C=O) groups excluding carboxylic acids is 1. The summed E-state index contributed by atoms with van der Waals surface area (Å²) in [5, 5.41) is 50.9. The molecule has 0 aliphatic heterocycles. The quantitative estimate of drug-likeness (QED) is 0.100. The number of hydrogen-bond acceptors (Lipinski definition) is 11. The van der Waals surface area contributed by atoms with Crippen LogP contribution >= 0.6 is 9.39 Å². The van der Waals surface area contributed by atoms with Crippen molar-refractivity contribution in [2.24, 2.45) is 17.8 Å². The fourth-order valence-corrected chi connectivity index (χ4v) is 3.80. The van der Waals surface area contributed by atoms with Gasteiger partial charge in [-0.3, -0.25) is 19.2 Å². The molecule has 1 heterocycles. The van der Waals surface area contributed by atoms with E-state index in [0.29, 0.717) is 0 Å². The van der Waals surface area contributed by atoms with E-state index in [1.165, 1.54) is 12.3 Å². The normalized spacial score (nSPS) is 15.7. The van der Waals surface area contributed by atoms with Crippen molar-refractivity contribution in [3.63, 3.8) is 0 Å². The van der Waals surface area contributed by atoms with Crippen LogP contribution in [0.3, 0.4) is 0 Å². The molecular formula is C20H36N5O9P. The number of amides is 1. The van der Waals surface area contributed by atoms with Crippen LogP contribution in [0.25, 0.3) is 0 Å². The van der Waals surface area contributed by atoms with E-state index in [2.05, 4.69) is 19.5 Å². The van der Waals surface area contributed by atoms with Crippen LogP contribution in [0, 0.1) is 17.8 Å². The van der Waals surface area contributed by atoms with Crippen LogP contribution in [-0.2, 0) is 20.9 Å². The number of nitrogen functional groups attached to an aromatic ring is 1. The number of nitrogens with one attached hydrogen (secondary N) is 1. The Morgan fingerprint density at radius 1 is 1.20 bits per heavy atom. The monoisotopic (exact) mass is 521 g/mol. The lowest BCUT2D eigenvalue weighted by atomic mass is 9.80.